The molecule has 1 atom stereocenters. The van der Waals surface area contributed by atoms with Crippen LogP contribution in [0.25, 0.3) is 6.08 Å². The first-order valence-corrected chi connectivity index (χ1v) is 6.84. The predicted molar refractivity (Wildman–Crippen MR) is 81.6 cm³/mol. The Morgan fingerprint density at radius 1 is 1.38 bits per heavy atom. The molecule has 21 heavy (non-hydrogen) atoms. The van der Waals surface area contributed by atoms with E-state index in [4.69, 9.17) is 33.0 Å². The molecule has 0 aliphatic heterocycles. The number of nitrogens with one attached hydrogen (secondary N) is 1. The van der Waals surface area contributed by atoms with Gasteiger partial charge in [-0.05, 0) is 18.2 Å². The van der Waals surface area contributed by atoms with E-state index < -0.39 is 18.0 Å². The predicted octanol–water partition coefficient (Wildman–Crippen LogP) is 2.61. The van der Waals surface area contributed by atoms with E-state index in [0.29, 0.717) is 15.6 Å². The number of benzene rings is 1. The lowest BCUT2D eigenvalue weighted by Crippen LogP contribution is -2.33. The van der Waals surface area contributed by atoms with Crippen molar-refractivity contribution >= 4 is 41.2 Å². The van der Waals surface area contributed by atoms with Crippen molar-refractivity contribution in [1.29, 1.82) is 0 Å². The molecular weight excluding hydrogens is 317 g/mol. The first kappa shape index (κ1) is 17.5. The van der Waals surface area contributed by atoms with Gasteiger partial charge in [-0.1, -0.05) is 29.3 Å². The summed E-state index contributed by atoms with van der Waals surface area (Å²) in [6.45, 7) is 0.0994. The van der Waals surface area contributed by atoms with E-state index in [1.165, 1.54) is 19.3 Å². The Hall–Kier alpha value is -1.56. The van der Waals surface area contributed by atoms with Gasteiger partial charge in [0.1, 0.15) is 0 Å². The molecule has 2 N–H and O–H groups in total. The van der Waals surface area contributed by atoms with Gasteiger partial charge in [0.2, 0.25) is 5.91 Å². The van der Waals surface area contributed by atoms with Gasteiger partial charge < -0.3 is 15.2 Å². The molecule has 0 radical (unpaired) electrons. The Kier molecular flexibility index (Phi) is 7.22. The van der Waals surface area contributed by atoms with Crippen molar-refractivity contribution in [3.05, 3.63) is 39.9 Å². The van der Waals surface area contributed by atoms with Crippen molar-refractivity contribution in [3.63, 3.8) is 0 Å². The Bertz CT molecular complexity index is 526. The van der Waals surface area contributed by atoms with Gasteiger partial charge in [-0.2, -0.15) is 0 Å². The zero-order valence-corrected chi connectivity index (χ0v) is 12.8. The number of carboxylic acids is 1. The second-order valence-corrected chi connectivity index (χ2v) is 4.98. The minimum Gasteiger partial charge on any atom is -0.481 e. The molecule has 1 amide bonds. The summed E-state index contributed by atoms with van der Waals surface area (Å²) in [6, 6.07) is 5.04. The zero-order valence-electron chi connectivity index (χ0n) is 11.3. The average molecular weight is 332 g/mol. The monoisotopic (exact) mass is 331 g/mol. The summed E-state index contributed by atoms with van der Waals surface area (Å²) in [4.78, 5) is 22.2. The summed E-state index contributed by atoms with van der Waals surface area (Å²) < 4.78 is 4.95. The van der Waals surface area contributed by atoms with Gasteiger partial charge in [0.25, 0.3) is 0 Å². The summed E-state index contributed by atoms with van der Waals surface area (Å²) in [6.07, 6.45) is 2.01. The number of hydrogen-bond donors (Lipinski definition) is 2. The molecule has 0 fully saturated rings. The van der Waals surface area contributed by atoms with E-state index >= 15 is 0 Å². The van der Waals surface area contributed by atoms with Gasteiger partial charge in [0.05, 0.1) is 12.5 Å². The van der Waals surface area contributed by atoms with Crippen LogP contribution in [-0.2, 0) is 14.3 Å². The first-order valence-electron chi connectivity index (χ1n) is 6.08. The third kappa shape index (κ3) is 6.16. The molecule has 0 aromatic heterocycles. The van der Waals surface area contributed by atoms with Gasteiger partial charge in [-0.15, -0.1) is 0 Å². The van der Waals surface area contributed by atoms with Gasteiger partial charge in [0.15, 0.2) is 0 Å². The number of ether oxygens (including phenoxy) is 1. The number of carboxylic acid groups (broad SMARTS) is 1. The van der Waals surface area contributed by atoms with Crippen LogP contribution < -0.4 is 5.32 Å². The molecule has 0 aliphatic rings. The van der Waals surface area contributed by atoms with Crippen LogP contribution in [0.1, 0.15) is 12.0 Å². The Balaban J connectivity index is 2.57. The Morgan fingerprint density at radius 3 is 2.52 bits per heavy atom. The summed E-state index contributed by atoms with van der Waals surface area (Å²) >= 11 is 11.9. The van der Waals surface area contributed by atoms with Crippen LogP contribution in [0.3, 0.4) is 0 Å². The fourth-order valence-corrected chi connectivity index (χ4v) is 2.06. The molecule has 0 heterocycles. The molecule has 1 rings (SSSR count). The minimum absolute atomic E-state index is 0.0994. The van der Waals surface area contributed by atoms with Crippen molar-refractivity contribution in [2.75, 3.05) is 13.7 Å². The van der Waals surface area contributed by atoms with Gasteiger partial charge in [-0.25, -0.2) is 0 Å². The molecular formula is C14H15Cl2NO4. The number of amides is 1. The second-order valence-electron chi connectivity index (χ2n) is 4.17. The van der Waals surface area contributed by atoms with Crippen LogP contribution in [0, 0.1) is 0 Å². The lowest BCUT2D eigenvalue weighted by atomic mass is 10.2. The third-order valence-electron chi connectivity index (χ3n) is 2.64. The fourth-order valence-electron chi connectivity index (χ4n) is 1.54. The SMILES string of the molecule is COC(CNC(=O)/C=C/c1c(Cl)cccc1Cl)CC(=O)O. The van der Waals surface area contributed by atoms with E-state index in [0.717, 1.165) is 0 Å². The Morgan fingerprint density at radius 2 is 2.00 bits per heavy atom. The molecule has 5 nitrogen and oxygen atoms in total. The van der Waals surface area contributed by atoms with Crippen molar-refractivity contribution in [2.45, 2.75) is 12.5 Å². The summed E-state index contributed by atoms with van der Waals surface area (Å²) in [5, 5.41) is 12.1. The van der Waals surface area contributed by atoms with Crippen molar-refractivity contribution in [1.82, 2.24) is 5.32 Å². The number of rotatable bonds is 7. The van der Waals surface area contributed by atoms with E-state index in [1.807, 2.05) is 0 Å². The number of carbonyl (C=O) groups excluding carboxylic acids is 1. The average Bonchev–Trinajstić information content (AvgIpc) is 2.42. The first-order chi connectivity index (χ1) is 9.93. The maximum atomic E-state index is 11.7. The third-order valence-corrected chi connectivity index (χ3v) is 3.30. The van der Waals surface area contributed by atoms with E-state index in [-0.39, 0.29) is 13.0 Å². The number of hydrogen-bond acceptors (Lipinski definition) is 3. The van der Waals surface area contributed by atoms with Gasteiger partial charge in [0, 0.05) is 35.3 Å². The fraction of sp³-hybridized carbons (Fsp3) is 0.286. The molecule has 1 aromatic carbocycles. The highest BCUT2D eigenvalue weighted by molar-refractivity contribution is 6.37. The smallest absolute Gasteiger partial charge is 0.306 e. The van der Waals surface area contributed by atoms with Crippen LogP contribution in [0.4, 0.5) is 0 Å². The van der Waals surface area contributed by atoms with Crippen LogP contribution in [-0.4, -0.2) is 36.7 Å². The quantitative estimate of drug-likeness (QED) is 0.753. The summed E-state index contributed by atoms with van der Waals surface area (Å²) in [7, 11) is 1.39. The number of aliphatic carboxylic acids is 1. The number of halogens is 2. The minimum atomic E-state index is -0.991. The van der Waals surface area contributed by atoms with Crippen molar-refractivity contribution < 1.29 is 19.4 Å². The molecule has 0 aliphatic carbocycles. The summed E-state index contributed by atoms with van der Waals surface area (Å²) in [5.74, 6) is -1.38. The number of carbonyl (C=O) groups is 2. The topological polar surface area (TPSA) is 75.6 Å². The lowest BCUT2D eigenvalue weighted by molar-refractivity contribution is -0.140. The zero-order chi connectivity index (χ0) is 15.8. The van der Waals surface area contributed by atoms with Crippen LogP contribution in [0.15, 0.2) is 24.3 Å². The van der Waals surface area contributed by atoms with Crippen LogP contribution >= 0.6 is 23.2 Å². The molecule has 7 heteroatoms. The van der Waals surface area contributed by atoms with E-state index in [2.05, 4.69) is 5.32 Å². The molecule has 0 saturated carbocycles. The normalized spacial score (nSPS) is 12.3. The molecule has 0 bridgehead atoms. The van der Waals surface area contributed by atoms with Crippen molar-refractivity contribution in [2.24, 2.45) is 0 Å². The molecule has 1 unspecified atom stereocenters. The highest BCUT2D eigenvalue weighted by Gasteiger charge is 2.12. The maximum Gasteiger partial charge on any atom is 0.306 e. The largest absolute Gasteiger partial charge is 0.481 e. The van der Waals surface area contributed by atoms with Gasteiger partial charge >= 0.3 is 5.97 Å². The van der Waals surface area contributed by atoms with Crippen LogP contribution in [0.2, 0.25) is 10.0 Å². The highest BCUT2D eigenvalue weighted by atomic mass is 35.5. The van der Waals surface area contributed by atoms with Crippen molar-refractivity contribution in [3.8, 4) is 0 Å². The second kappa shape index (κ2) is 8.67. The highest BCUT2D eigenvalue weighted by Crippen LogP contribution is 2.25. The lowest BCUT2D eigenvalue weighted by Gasteiger charge is -2.12. The van der Waals surface area contributed by atoms with E-state index in [9.17, 15) is 9.59 Å². The molecule has 1 aromatic rings. The summed E-state index contributed by atoms with van der Waals surface area (Å²) in [5.41, 5.74) is 0.546. The Labute approximate surface area is 132 Å². The number of methoxy groups -OCH3 is 1. The van der Waals surface area contributed by atoms with Gasteiger partial charge in [-0.3, -0.25) is 9.59 Å². The maximum absolute atomic E-state index is 11.7. The molecule has 0 spiro atoms. The molecule has 0 saturated heterocycles. The molecule has 114 valence electrons. The standard InChI is InChI=1S/C14H15Cl2NO4/c1-21-9(7-14(19)20)8-17-13(18)6-5-10-11(15)3-2-4-12(10)16/h2-6,9H,7-8H2,1H3,(H,17,18)(H,19,20)/b6-5+. The van der Waals surface area contributed by atoms with Crippen LogP contribution in [0.5, 0.6) is 0 Å². The van der Waals surface area contributed by atoms with E-state index in [1.54, 1.807) is 18.2 Å².